The number of ether oxygens (including phenoxy) is 1. The third-order valence-corrected chi connectivity index (χ3v) is 4.22. The lowest BCUT2D eigenvalue weighted by molar-refractivity contribution is -0.145. The van der Waals surface area contributed by atoms with E-state index >= 15 is 0 Å². The number of hydrogen-bond donors (Lipinski definition) is 1. The van der Waals surface area contributed by atoms with Crippen LogP contribution in [0, 0.1) is 5.92 Å². The molecule has 1 aliphatic heterocycles. The van der Waals surface area contributed by atoms with Crippen LogP contribution in [-0.4, -0.2) is 48.3 Å². The molecule has 2 amide bonds. The van der Waals surface area contributed by atoms with Crippen LogP contribution in [-0.2, 0) is 20.7 Å². The van der Waals surface area contributed by atoms with Crippen LogP contribution in [0.5, 0.6) is 0 Å². The Balaban J connectivity index is 1.84. The van der Waals surface area contributed by atoms with Gasteiger partial charge in [-0.3, -0.25) is 14.4 Å². The van der Waals surface area contributed by atoms with Gasteiger partial charge in [0.2, 0.25) is 11.8 Å². The molecule has 0 aliphatic carbocycles. The molecule has 1 aliphatic rings. The number of carbonyl (C=O) groups is 3. The highest BCUT2D eigenvalue weighted by Gasteiger charge is 2.27. The molecule has 1 atom stereocenters. The number of ketones is 1. The van der Waals surface area contributed by atoms with E-state index in [2.05, 4.69) is 13.8 Å². The second-order valence-electron chi connectivity index (χ2n) is 6.82. The molecule has 1 aromatic rings. The van der Waals surface area contributed by atoms with Crippen LogP contribution < -0.4 is 5.73 Å². The van der Waals surface area contributed by atoms with Gasteiger partial charge in [-0.2, -0.15) is 0 Å². The van der Waals surface area contributed by atoms with E-state index < -0.39 is 12.0 Å². The standard InChI is InChI=1S/C19H26N2O4/c1-13(2)11-14-3-5-15(6-4-14)16(22)7-8-18(23)21-9-10-25-17(12-21)19(20)24/h3-6,13,17H,7-12H2,1-2H3,(H2,20,24). The first-order valence-corrected chi connectivity index (χ1v) is 8.67. The first kappa shape index (κ1) is 19.1. The van der Waals surface area contributed by atoms with Gasteiger partial charge in [0.25, 0.3) is 0 Å². The lowest BCUT2D eigenvalue weighted by Gasteiger charge is -2.31. The van der Waals surface area contributed by atoms with E-state index in [-0.39, 0.29) is 37.7 Å². The fraction of sp³-hybridized carbons (Fsp3) is 0.526. The molecule has 1 fully saturated rings. The van der Waals surface area contributed by atoms with Gasteiger partial charge in [-0.25, -0.2) is 0 Å². The molecule has 2 N–H and O–H groups in total. The number of amides is 2. The zero-order valence-electron chi connectivity index (χ0n) is 14.9. The van der Waals surface area contributed by atoms with Crippen molar-refractivity contribution in [2.45, 2.75) is 39.2 Å². The Labute approximate surface area is 148 Å². The minimum atomic E-state index is -0.762. The number of rotatable bonds is 7. The predicted octanol–water partition coefficient (Wildman–Crippen LogP) is 1.56. The molecule has 0 bridgehead atoms. The van der Waals surface area contributed by atoms with Crippen molar-refractivity contribution < 1.29 is 19.1 Å². The summed E-state index contributed by atoms with van der Waals surface area (Å²) in [4.78, 5) is 37.2. The number of carbonyl (C=O) groups excluding carboxylic acids is 3. The summed E-state index contributed by atoms with van der Waals surface area (Å²) in [6.07, 6.45) is 0.492. The van der Waals surface area contributed by atoms with Crippen LogP contribution in [0.2, 0.25) is 0 Å². The highest BCUT2D eigenvalue weighted by Crippen LogP contribution is 2.13. The molecule has 1 unspecified atom stereocenters. The Morgan fingerprint density at radius 1 is 1.20 bits per heavy atom. The van der Waals surface area contributed by atoms with Crippen LogP contribution in [0.15, 0.2) is 24.3 Å². The molecule has 6 heteroatoms. The Kier molecular flexibility index (Phi) is 6.70. The van der Waals surface area contributed by atoms with Crippen molar-refractivity contribution >= 4 is 17.6 Å². The molecular formula is C19H26N2O4. The highest BCUT2D eigenvalue weighted by molar-refractivity contribution is 5.98. The average Bonchev–Trinajstić information content (AvgIpc) is 2.59. The van der Waals surface area contributed by atoms with Crippen molar-refractivity contribution in [3.63, 3.8) is 0 Å². The molecule has 136 valence electrons. The molecule has 1 saturated heterocycles. The lowest BCUT2D eigenvalue weighted by atomic mass is 9.99. The molecule has 1 heterocycles. The van der Waals surface area contributed by atoms with E-state index in [9.17, 15) is 14.4 Å². The number of nitrogens with zero attached hydrogens (tertiary/aromatic N) is 1. The maximum Gasteiger partial charge on any atom is 0.248 e. The lowest BCUT2D eigenvalue weighted by Crippen LogP contribution is -2.50. The summed E-state index contributed by atoms with van der Waals surface area (Å²) < 4.78 is 5.22. The van der Waals surface area contributed by atoms with Gasteiger partial charge in [-0.05, 0) is 17.9 Å². The van der Waals surface area contributed by atoms with E-state index in [1.807, 2.05) is 24.3 Å². The van der Waals surface area contributed by atoms with Crippen molar-refractivity contribution in [2.24, 2.45) is 11.7 Å². The van der Waals surface area contributed by atoms with Crippen LogP contribution in [0.4, 0.5) is 0 Å². The molecule has 6 nitrogen and oxygen atoms in total. The van der Waals surface area contributed by atoms with Crippen molar-refractivity contribution in [2.75, 3.05) is 19.7 Å². The van der Waals surface area contributed by atoms with Crippen LogP contribution >= 0.6 is 0 Å². The van der Waals surface area contributed by atoms with Crippen molar-refractivity contribution in [1.82, 2.24) is 4.90 Å². The van der Waals surface area contributed by atoms with Gasteiger partial charge in [0.1, 0.15) is 0 Å². The van der Waals surface area contributed by atoms with E-state index in [4.69, 9.17) is 10.5 Å². The summed E-state index contributed by atoms with van der Waals surface area (Å²) in [5.41, 5.74) is 7.04. The molecular weight excluding hydrogens is 320 g/mol. The van der Waals surface area contributed by atoms with E-state index in [0.29, 0.717) is 18.0 Å². The summed E-state index contributed by atoms with van der Waals surface area (Å²) in [6.45, 7) is 5.16. The summed E-state index contributed by atoms with van der Waals surface area (Å²) in [5, 5.41) is 0. The smallest absolute Gasteiger partial charge is 0.248 e. The highest BCUT2D eigenvalue weighted by atomic mass is 16.5. The minimum absolute atomic E-state index is 0.0517. The van der Waals surface area contributed by atoms with Crippen molar-refractivity contribution in [1.29, 1.82) is 0 Å². The van der Waals surface area contributed by atoms with Gasteiger partial charge in [0.15, 0.2) is 11.9 Å². The maximum absolute atomic E-state index is 12.3. The van der Waals surface area contributed by atoms with Crippen LogP contribution in [0.1, 0.15) is 42.6 Å². The van der Waals surface area contributed by atoms with Crippen molar-refractivity contribution in [3.8, 4) is 0 Å². The number of primary amides is 1. The van der Waals surface area contributed by atoms with E-state index in [1.54, 1.807) is 0 Å². The van der Waals surface area contributed by atoms with Crippen LogP contribution in [0.25, 0.3) is 0 Å². The normalized spacial score (nSPS) is 17.6. The molecule has 2 rings (SSSR count). The van der Waals surface area contributed by atoms with E-state index in [1.165, 1.54) is 10.5 Å². The molecule has 0 radical (unpaired) electrons. The Bertz CT molecular complexity index is 625. The number of benzene rings is 1. The Morgan fingerprint density at radius 3 is 2.48 bits per heavy atom. The third-order valence-electron chi connectivity index (χ3n) is 4.22. The average molecular weight is 346 g/mol. The first-order chi connectivity index (χ1) is 11.9. The Morgan fingerprint density at radius 2 is 1.88 bits per heavy atom. The quantitative estimate of drug-likeness (QED) is 0.759. The monoisotopic (exact) mass is 346 g/mol. The fourth-order valence-corrected chi connectivity index (χ4v) is 2.87. The minimum Gasteiger partial charge on any atom is -0.367 e. The summed E-state index contributed by atoms with van der Waals surface area (Å²) >= 11 is 0. The molecule has 0 aromatic heterocycles. The molecule has 0 saturated carbocycles. The first-order valence-electron chi connectivity index (χ1n) is 8.67. The maximum atomic E-state index is 12.3. The number of nitrogens with two attached hydrogens (primary N) is 1. The second kappa shape index (κ2) is 8.76. The second-order valence-corrected chi connectivity index (χ2v) is 6.82. The largest absolute Gasteiger partial charge is 0.367 e. The molecule has 1 aromatic carbocycles. The Hall–Kier alpha value is -2.21. The zero-order valence-corrected chi connectivity index (χ0v) is 14.9. The predicted molar refractivity (Wildman–Crippen MR) is 94.1 cm³/mol. The summed E-state index contributed by atoms with van der Waals surface area (Å²) in [7, 11) is 0. The number of hydrogen-bond acceptors (Lipinski definition) is 4. The molecule has 25 heavy (non-hydrogen) atoms. The van der Waals surface area contributed by atoms with E-state index in [0.717, 1.165) is 6.42 Å². The van der Waals surface area contributed by atoms with Gasteiger partial charge in [0, 0.05) is 24.9 Å². The van der Waals surface area contributed by atoms with Gasteiger partial charge < -0.3 is 15.4 Å². The van der Waals surface area contributed by atoms with Gasteiger partial charge in [-0.15, -0.1) is 0 Å². The number of Topliss-reactive ketones (excluding diaryl/α,β-unsaturated/α-hetero) is 1. The van der Waals surface area contributed by atoms with Crippen LogP contribution in [0.3, 0.4) is 0 Å². The van der Waals surface area contributed by atoms with Crippen molar-refractivity contribution in [3.05, 3.63) is 35.4 Å². The van der Waals surface area contributed by atoms with Gasteiger partial charge in [0.05, 0.1) is 13.2 Å². The van der Waals surface area contributed by atoms with Gasteiger partial charge in [-0.1, -0.05) is 38.1 Å². The summed E-state index contributed by atoms with van der Waals surface area (Å²) in [6, 6.07) is 7.58. The summed E-state index contributed by atoms with van der Waals surface area (Å²) in [5.74, 6) is -0.213. The SMILES string of the molecule is CC(C)Cc1ccc(C(=O)CCC(=O)N2CCOC(C(N)=O)C2)cc1. The topological polar surface area (TPSA) is 89.7 Å². The third kappa shape index (κ3) is 5.67. The molecule has 0 spiro atoms. The number of morpholine rings is 1. The zero-order chi connectivity index (χ0) is 18.4. The van der Waals surface area contributed by atoms with Gasteiger partial charge >= 0.3 is 0 Å². The fourth-order valence-electron chi connectivity index (χ4n) is 2.87.